The van der Waals surface area contributed by atoms with Crippen LogP contribution in [0.3, 0.4) is 0 Å². The quantitative estimate of drug-likeness (QED) is 0.493. The van der Waals surface area contributed by atoms with Gasteiger partial charge < -0.3 is 13.7 Å². The molecule has 164 valence electrons. The van der Waals surface area contributed by atoms with Gasteiger partial charge in [0.15, 0.2) is 0 Å². The highest BCUT2D eigenvalue weighted by molar-refractivity contribution is 7.99. The van der Waals surface area contributed by atoms with E-state index in [1.54, 1.807) is 36.3 Å². The van der Waals surface area contributed by atoms with E-state index in [4.69, 9.17) is 8.83 Å². The van der Waals surface area contributed by atoms with Crippen LogP contribution in [0.4, 0.5) is 0 Å². The number of furan rings is 1. The van der Waals surface area contributed by atoms with Crippen LogP contribution in [0.2, 0.25) is 0 Å². The fourth-order valence-electron chi connectivity index (χ4n) is 3.29. The van der Waals surface area contributed by atoms with Crippen LogP contribution in [0.15, 0.2) is 56.7 Å². The second-order valence-electron chi connectivity index (χ2n) is 7.07. The maximum absolute atomic E-state index is 12.7. The first kappa shape index (κ1) is 21.6. The maximum atomic E-state index is 12.7. The van der Waals surface area contributed by atoms with E-state index in [2.05, 4.69) is 10.2 Å². The fourth-order valence-corrected chi connectivity index (χ4v) is 5.47. The van der Waals surface area contributed by atoms with Crippen molar-refractivity contribution in [3.63, 3.8) is 0 Å². The molecule has 2 aromatic heterocycles. The summed E-state index contributed by atoms with van der Waals surface area (Å²) < 4.78 is 37.6. The first-order valence-electron chi connectivity index (χ1n) is 9.73. The Morgan fingerprint density at radius 2 is 1.84 bits per heavy atom. The number of benzene rings is 1. The molecule has 31 heavy (non-hydrogen) atoms. The normalized spacial score (nSPS) is 15.3. The fraction of sp³-hybridized carbons (Fsp3) is 0.350. The summed E-state index contributed by atoms with van der Waals surface area (Å²) in [5, 5.41) is 8.25. The molecular weight excluding hydrogens is 440 g/mol. The largest absolute Gasteiger partial charge is 0.469 e. The second kappa shape index (κ2) is 9.25. The minimum absolute atomic E-state index is 0.0345. The molecule has 0 radical (unpaired) electrons. The van der Waals surface area contributed by atoms with Crippen molar-refractivity contribution in [1.82, 2.24) is 19.4 Å². The summed E-state index contributed by atoms with van der Waals surface area (Å²) in [7, 11) is -3.41. The molecule has 11 heteroatoms. The number of thioether (sulfide) groups is 1. The molecule has 1 aromatic carbocycles. The molecule has 0 bridgehead atoms. The standard InChI is InChI=1S/C20H22N4O5S2/c1-15-17(7-12-28-15)19-21-22-20(29-19)30-13-18(25)23-8-10-24(11-9-23)31(26,27)14-16-5-3-2-4-6-16/h2-7,12H,8-11,13-14H2,1H3. The number of rotatable bonds is 7. The van der Waals surface area contributed by atoms with E-state index in [1.165, 1.54) is 4.31 Å². The van der Waals surface area contributed by atoms with Crippen LogP contribution in [0.5, 0.6) is 0 Å². The summed E-state index contributed by atoms with van der Waals surface area (Å²) in [6.07, 6.45) is 1.55. The summed E-state index contributed by atoms with van der Waals surface area (Å²) in [6.45, 7) is 3.09. The molecule has 0 saturated carbocycles. The van der Waals surface area contributed by atoms with Crippen molar-refractivity contribution in [2.75, 3.05) is 31.9 Å². The average molecular weight is 463 g/mol. The number of sulfonamides is 1. The van der Waals surface area contributed by atoms with Gasteiger partial charge in [-0.3, -0.25) is 4.79 Å². The maximum Gasteiger partial charge on any atom is 0.277 e. The highest BCUT2D eigenvalue weighted by Crippen LogP contribution is 2.26. The molecule has 0 spiro atoms. The van der Waals surface area contributed by atoms with Gasteiger partial charge in [-0.05, 0) is 18.6 Å². The van der Waals surface area contributed by atoms with E-state index in [0.29, 0.717) is 30.0 Å². The third kappa shape index (κ3) is 5.17. The van der Waals surface area contributed by atoms with E-state index >= 15 is 0 Å². The zero-order valence-electron chi connectivity index (χ0n) is 16.9. The van der Waals surface area contributed by atoms with Gasteiger partial charge in [0.2, 0.25) is 15.9 Å². The zero-order chi connectivity index (χ0) is 21.8. The van der Waals surface area contributed by atoms with Crippen LogP contribution < -0.4 is 0 Å². The number of aromatic nitrogens is 2. The second-order valence-corrected chi connectivity index (χ2v) is 9.97. The lowest BCUT2D eigenvalue weighted by atomic mass is 10.2. The van der Waals surface area contributed by atoms with Crippen LogP contribution in [0.25, 0.3) is 11.5 Å². The van der Waals surface area contributed by atoms with Gasteiger partial charge in [-0.2, -0.15) is 4.31 Å². The SMILES string of the molecule is Cc1occc1-c1nnc(SCC(=O)N2CCN(S(=O)(=O)Cc3ccccc3)CC2)o1. The number of piperazine rings is 1. The predicted molar refractivity (Wildman–Crippen MR) is 115 cm³/mol. The summed E-state index contributed by atoms with van der Waals surface area (Å²) in [6, 6.07) is 10.8. The minimum Gasteiger partial charge on any atom is -0.469 e. The molecule has 0 aliphatic carbocycles. The molecule has 0 unspecified atom stereocenters. The first-order valence-corrected chi connectivity index (χ1v) is 12.3. The zero-order valence-corrected chi connectivity index (χ0v) is 18.6. The third-order valence-electron chi connectivity index (χ3n) is 4.99. The molecule has 1 aliphatic heterocycles. The van der Waals surface area contributed by atoms with Crippen LogP contribution in [-0.4, -0.2) is 65.7 Å². The van der Waals surface area contributed by atoms with Crippen molar-refractivity contribution in [3.05, 3.63) is 54.0 Å². The molecule has 3 aromatic rings. The number of hydrogen-bond donors (Lipinski definition) is 0. The number of hydrogen-bond acceptors (Lipinski definition) is 8. The molecule has 1 saturated heterocycles. The Labute approximate surface area is 184 Å². The van der Waals surface area contributed by atoms with Gasteiger partial charge in [-0.1, -0.05) is 42.1 Å². The molecule has 0 N–H and O–H groups in total. The van der Waals surface area contributed by atoms with Gasteiger partial charge in [-0.25, -0.2) is 8.42 Å². The highest BCUT2D eigenvalue weighted by Gasteiger charge is 2.29. The smallest absolute Gasteiger partial charge is 0.277 e. The number of nitrogens with zero attached hydrogens (tertiary/aromatic N) is 4. The van der Waals surface area contributed by atoms with Gasteiger partial charge in [0.1, 0.15) is 5.76 Å². The van der Waals surface area contributed by atoms with Gasteiger partial charge in [0, 0.05) is 26.2 Å². The predicted octanol–water partition coefficient (Wildman–Crippen LogP) is 2.40. The molecule has 0 atom stereocenters. The molecular formula is C20H22N4O5S2. The summed E-state index contributed by atoms with van der Waals surface area (Å²) >= 11 is 1.16. The molecule has 4 rings (SSSR count). The van der Waals surface area contributed by atoms with Crippen molar-refractivity contribution in [2.45, 2.75) is 17.9 Å². The Kier molecular flexibility index (Phi) is 6.44. The highest BCUT2D eigenvalue weighted by atomic mass is 32.2. The van der Waals surface area contributed by atoms with Crippen LogP contribution in [0, 0.1) is 6.92 Å². The Hall–Kier alpha value is -2.63. The van der Waals surface area contributed by atoms with Gasteiger partial charge in [-0.15, -0.1) is 10.2 Å². The molecule has 9 nitrogen and oxygen atoms in total. The first-order chi connectivity index (χ1) is 14.9. The van der Waals surface area contributed by atoms with Crippen molar-refractivity contribution in [2.24, 2.45) is 0 Å². The van der Waals surface area contributed by atoms with Gasteiger partial charge in [0.05, 0.1) is 23.3 Å². The summed E-state index contributed by atoms with van der Waals surface area (Å²) in [5.41, 5.74) is 1.47. The number of aryl methyl sites for hydroxylation is 1. The Morgan fingerprint density at radius 3 is 2.52 bits per heavy atom. The van der Waals surface area contributed by atoms with E-state index in [0.717, 1.165) is 22.9 Å². The molecule has 1 amide bonds. The van der Waals surface area contributed by atoms with Crippen molar-refractivity contribution < 1.29 is 22.0 Å². The lowest BCUT2D eigenvalue weighted by Crippen LogP contribution is -2.51. The van der Waals surface area contributed by atoms with Gasteiger partial charge in [0.25, 0.3) is 11.1 Å². The lowest BCUT2D eigenvalue weighted by Gasteiger charge is -2.34. The van der Waals surface area contributed by atoms with E-state index in [1.807, 2.05) is 18.2 Å². The molecule has 1 fully saturated rings. The number of carbonyl (C=O) groups is 1. The Balaban J connectivity index is 1.27. The third-order valence-corrected chi connectivity index (χ3v) is 7.64. The van der Waals surface area contributed by atoms with Crippen molar-refractivity contribution >= 4 is 27.7 Å². The Bertz CT molecular complexity index is 1140. The lowest BCUT2D eigenvalue weighted by molar-refractivity contribution is -0.129. The van der Waals surface area contributed by atoms with Crippen LogP contribution in [0.1, 0.15) is 11.3 Å². The van der Waals surface area contributed by atoms with E-state index in [-0.39, 0.29) is 30.5 Å². The van der Waals surface area contributed by atoms with Crippen molar-refractivity contribution in [1.29, 1.82) is 0 Å². The van der Waals surface area contributed by atoms with Crippen molar-refractivity contribution in [3.8, 4) is 11.5 Å². The van der Waals surface area contributed by atoms with E-state index in [9.17, 15) is 13.2 Å². The number of amides is 1. The van der Waals surface area contributed by atoms with Crippen LogP contribution >= 0.6 is 11.8 Å². The summed E-state index contributed by atoms with van der Waals surface area (Å²) in [4.78, 5) is 14.2. The van der Waals surface area contributed by atoms with E-state index < -0.39 is 10.0 Å². The average Bonchev–Trinajstić information content (AvgIpc) is 3.41. The Morgan fingerprint density at radius 1 is 1.10 bits per heavy atom. The number of carbonyl (C=O) groups excluding carboxylic acids is 1. The van der Waals surface area contributed by atoms with Crippen LogP contribution in [-0.2, 0) is 20.6 Å². The monoisotopic (exact) mass is 462 g/mol. The molecule has 1 aliphatic rings. The molecule has 3 heterocycles. The topological polar surface area (TPSA) is 110 Å². The minimum atomic E-state index is -3.41. The summed E-state index contributed by atoms with van der Waals surface area (Å²) in [5.74, 6) is 1.04. The van der Waals surface area contributed by atoms with Gasteiger partial charge >= 0.3 is 0 Å².